The quantitative estimate of drug-likeness (QED) is 0.830. The van der Waals surface area contributed by atoms with E-state index in [0.717, 1.165) is 23.7 Å². The van der Waals surface area contributed by atoms with E-state index < -0.39 is 0 Å². The molecular formula is C15H22N4OS. The Balaban J connectivity index is 1.87. The topological polar surface area (TPSA) is 52.0 Å². The number of ether oxygens (including phenoxy) is 1. The molecule has 1 N–H and O–H groups in total. The molecule has 0 radical (unpaired) electrons. The van der Waals surface area contributed by atoms with Crippen LogP contribution in [0.15, 0.2) is 12.5 Å². The maximum Gasteiger partial charge on any atom is 0.116 e. The van der Waals surface area contributed by atoms with Gasteiger partial charge in [-0.2, -0.15) is 0 Å². The van der Waals surface area contributed by atoms with E-state index in [1.807, 2.05) is 30.9 Å². The van der Waals surface area contributed by atoms with Crippen LogP contribution in [0.25, 0.3) is 0 Å². The highest BCUT2D eigenvalue weighted by Gasteiger charge is 2.23. The Bertz CT molecular complexity index is 569. The molecule has 21 heavy (non-hydrogen) atoms. The standard InChI is InChI=1S/C15H22N4OS/c1-19-10-16-9-12(19)14(17-7-8-20-2)15-18-11-5-3-4-6-13(11)21-15/h9-10,14,17H,3-8H2,1-2H3. The highest BCUT2D eigenvalue weighted by Crippen LogP contribution is 2.32. The minimum Gasteiger partial charge on any atom is -0.383 e. The monoisotopic (exact) mass is 306 g/mol. The zero-order chi connectivity index (χ0) is 14.7. The average molecular weight is 306 g/mol. The molecule has 0 bridgehead atoms. The van der Waals surface area contributed by atoms with Gasteiger partial charge in [0.15, 0.2) is 0 Å². The number of fused-ring (bicyclic) bond motifs is 1. The lowest BCUT2D eigenvalue weighted by Crippen LogP contribution is -2.27. The number of hydrogen-bond donors (Lipinski definition) is 1. The summed E-state index contributed by atoms with van der Waals surface area (Å²) in [7, 11) is 3.75. The van der Waals surface area contributed by atoms with Crippen molar-refractivity contribution < 1.29 is 4.74 Å². The Morgan fingerprint density at radius 1 is 1.43 bits per heavy atom. The third kappa shape index (κ3) is 3.17. The SMILES string of the molecule is COCCNC(c1nc2c(s1)CCCC2)c1cncn1C. The van der Waals surface area contributed by atoms with E-state index in [2.05, 4.69) is 14.9 Å². The van der Waals surface area contributed by atoms with Crippen LogP contribution in [0.5, 0.6) is 0 Å². The summed E-state index contributed by atoms with van der Waals surface area (Å²) in [5.74, 6) is 0. The van der Waals surface area contributed by atoms with Gasteiger partial charge in [0.05, 0.1) is 30.5 Å². The lowest BCUT2D eigenvalue weighted by Gasteiger charge is -2.16. The van der Waals surface area contributed by atoms with Crippen molar-refractivity contribution in [1.82, 2.24) is 19.9 Å². The highest BCUT2D eigenvalue weighted by molar-refractivity contribution is 7.11. The van der Waals surface area contributed by atoms with Gasteiger partial charge in [-0.05, 0) is 25.7 Å². The Morgan fingerprint density at radius 2 is 2.29 bits per heavy atom. The maximum atomic E-state index is 5.16. The van der Waals surface area contributed by atoms with Gasteiger partial charge in [0.25, 0.3) is 0 Å². The van der Waals surface area contributed by atoms with Crippen LogP contribution in [-0.2, 0) is 24.6 Å². The van der Waals surface area contributed by atoms with Gasteiger partial charge in [-0.15, -0.1) is 11.3 Å². The summed E-state index contributed by atoms with van der Waals surface area (Å²) in [6.45, 7) is 1.50. The van der Waals surface area contributed by atoms with Crippen molar-refractivity contribution in [2.24, 2.45) is 7.05 Å². The molecule has 2 heterocycles. The van der Waals surface area contributed by atoms with Crippen LogP contribution in [-0.4, -0.2) is 34.8 Å². The van der Waals surface area contributed by atoms with Crippen LogP contribution in [0.4, 0.5) is 0 Å². The molecule has 0 fully saturated rings. The Morgan fingerprint density at radius 3 is 3.00 bits per heavy atom. The van der Waals surface area contributed by atoms with Crippen molar-refractivity contribution in [3.05, 3.63) is 33.8 Å². The van der Waals surface area contributed by atoms with Crippen LogP contribution in [0.3, 0.4) is 0 Å². The van der Waals surface area contributed by atoms with Gasteiger partial charge in [-0.3, -0.25) is 0 Å². The first-order valence-electron chi connectivity index (χ1n) is 7.46. The fourth-order valence-electron chi connectivity index (χ4n) is 2.76. The lowest BCUT2D eigenvalue weighted by molar-refractivity contribution is 0.197. The minimum absolute atomic E-state index is 0.100. The summed E-state index contributed by atoms with van der Waals surface area (Å²) in [5, 5.41) is 4.71. The van der Waals surface area contributed by atoms with Gasteiger partial charge in [0, 0.05) is 25.6 Å². The molecule has 0 aliphatic heterocycles. The van der Waals surface area contributed by atoms with Crippen LogP contribution in [0.2, 0.25) is 0 Å². The maximum absolute atomic E-state index is 5.16. The second-order valence-corrected chi connectivity index (χ2v) is 6.55. The first-order chi connectivity index (χ1) is 10.3. The molecule has 0 saturated heterocycles. The predicted molar refractivity (Wildman–Crippen MR) is 83.7 cm³/mol. The first kappa shape index (κ1) is 14.7. The van der Waals surface area contributed by atoms with E-state index in [9.17, 15) is 0 Å². The fourth-order valence-corrected chi connectivity index (χ4v) is 4.01. The summed E-state index contributed by atoms with van der Waals surface area (Å²) < 4.78 is 7.22. The lowest BCUT2D eigenvalue weighted by atomic mass is 10.0. The predicted octanol–water partition coefficient (Wildman–Crippen LogP) is 2.08. The van der Waals surface area contributed by atoms with E-state index >= 15 is 0 Å². The van der Waals surface area contributed by atoms with Gasteiger partial charge >= 0.3 is 0 Å². The van der Waals surface area contributed by atoms with Crippen LogP contribution in [0.1, 0.15) is 40.2 Å². The fraction of sp³-hybridized carbons (Fsp3) is 0.600. The first-order valence-corrected chi connectivity index (χ1v) is 8.28. The van der Waals surface area contributed by atoms with Crippen molar-refractivity contribution >= 4 is 11.3 Å². The molecule has 1 aliphatic carbocycles. The van der Waals surface area contributed by atoms with Crippen LogP contribution >= 0.6 is 11.3 Å². The molecule has 114 valence electrons. The van der Waals surface area contributed by atoms with E-state index in [1.165, 1.54) is 29.8 Å². The molecule has 0 amide bonds. The van der Waals surface area contributed by atoms with E-state index in [-0.39, 0.29) is 6.04 Å². The van der Waals surface area contributed by atoms with Gasteiger partial charge in [0.2, 0.25) is 0 Å². The number of imidazole rings is 1. The molecule has 0 saturated carbocycles. The van der Waals surface area contributed by atoms with Gasteiger partial charge in [-0.1, -0.05) is 0 Å². The molecular weight excluding hydrogens is 284 g/mol. The van der Waals surface area contributed by atoms with E-state index in [4.69, 9.17) is 9.72 Å². The van der Waals surface area contributed by atoms with E-state index in [0.29, 0.717) is 6.61 Å². The van der Waals surface area contributed by atoms with E-state index in [1.54, 1.807) is 7.11 Å². The van der Waals surface area contributed by atoms with Gasteiger partial charge in [-0.25, -0.2) is 9.97 Å². The number of aryl methyl sites for hydroxylation is 3. The Hall–Kier alpha value is -1.24. The molecule has 3 rings (SSSR count). The summed E-state index contributed by atoms with van der Waals surface area (Å²) in [5.41, 5.74) is 2.46. The Kier molecular flexibility index (Phi) is 4.67. The summed E-state index contributed by atoms with van der Waals surface area (Å²) in [6, 6.07) is 0.100. The number of rotatable bonds is 6. The number of aromatic nitrogens is 3. The molecule has 0 aromatic carbocycles. The number of thiazole rings is 1. The number of nitrogens with zero attached hydrogens (tertiary/aromatic N) is 3. The molecule has 1 atom stereocenters. The van der Waals surface area contributed by atoms with Crippen molar-refractivity contribution in [2.75, 3.05) is 20.3 Å². The zero-order valence-electron chi connectivity index (χ0n) is 12.6. The highest BCUT2D eigenvalue weighted by atomic mass is 32.1. The molecule has 2 aromatic heterocycles. The third-order valence-corrected chi connectivity index (χ3v) is 5.14. The smallest absolute Gasteiger partial charge is 0.116 e. The van der Waals surface area contributed by atoms with Crippen LogP contribution < -0.4 is 5.32 Å². The van der Waals surface area contributed by atoms with Gasteiger partial charge < -0.3 is 14.6 Å². The number of nitrogens with one attached hydrogen (secondary N) is 1. The molecule has 1 unspecified atom stereocenters. The largest absolute Gasteiger partial charge is 0.383 e. The summed E-state index contributed by atoms with van der Waals surface area (Å²) in [4.78, 5) is 10.6. The second-order valence-electron chi connectivity index (χ2n) is 5.44. The Labute approximate surface area is 129 Å². The molecule has 0 spiro atoms. The van der Waals surface area contributed by atoms with Crippen molar-refractivity contribution in [3.8, 4) is 0 Å². The average Bonchev–Trinajstić information content (AvgIpc) is 3.10. The zero-order valence-corrected chi connectivity index (χ0v) is 13.4. The number of methoxy groups -OCH3 is 1. The molecule has 6 heteroatoms. The second kappa shape index (κ2) is 6.68. The summed E-state index contributed by atoms with van der Waals surface area (Å²) in [6.07, 6.45) is 8.63. The number of hydrogen-bond acceptors (Lipinski definition) is 5. The minimum atomic E-state index is 0.100. The molecule has 2 aromatic rings. The third-order valence-electron chi connectivity index (χ3n) is 3.91. The molecule has 5 nitrogen and oxygen atoms in total. The van der Waals surface area contributed by atoms with Gasteiger partial charge in [0.1, 0.15) is 11.0 Å². The van der Waals surface area contributed by atoms with Crippen LogP contribution in [0, 0.1) is 0 Å². The van der Waals surface area contributed by atoms with Crippen molar-refractivity contribution in [1.29, 1.82) is 0 Å². The summed E-state index contributed by atoms with van der Waals surface area (Å²) >= 11 is 1.85. The van der Waals surface area contributed by atoms with Crippen molar-refractivity contribution in [3.63, 3.8) is 0 Å². The normalized spacial score (nSPS) is 15.9. The van der Waals surface area contributed by atoms with Crippen molar-refractivity contribution in [2.45, 2.75) is 31.7 Å². The molecule has 1 aliphatic rings.